The minimum absolute atomic E-state index is 0.0307. The fourth-order valence-corrected chi connectivity index (χ4v) is 3.53. The third-order valence-electron chi connectivity index (χ3n) is 3.79. The largest absolute Gasteiger partial charge is 0.478 e. The van der Waals surface area contributed by atoms with E-state index in [-0.39, 0.29) is 10.5 Å². The Kier molecular flexibility index (Phi) is 4.61. The van der Waals surface area contributed by atoms with Gasteiger partial charge in [-0.15, -0.1) is 0 Å². The Labute approximate surface area is 120 Å². The number of aromatic carboxylic acids is 1. The lowest BCUT2D eigenvalue weighted by Gasteiger charge is -2.34. The zero-order valence-corrected chi connectivity index (χ0v) is 13.3. The van der Waals surface area contributed by atoms with Gasteiger partial charge in [-0.1, -0.05) is 13.0 Å². The van der Waals surface area contributed by atoms with Gasteiger partial charge in [-0.2, -0.15) is 4.31 Å². The van der Waals surface area contributed by atoms with E-state index in [9.17, 15) is 13.2 Å². The molecule has 0 heterocycles. The maximum absolute atomic E-state index is 12.7. The highest BCUT2D eigenvalue weighted by atomic mass is 32.2. The Morgan fingerprint density at radius 3 is 2.35 bits per heavy atom. The molecule has 5 nitrogen and oxygen atoms in total. The lowest BCUT2D eigenvalue weighted by Crippen LogP contribution is -2.44. The molecule has 1 rings (SSSR count). The standard InChI is InChI=1S/C14H21NO4S/c1-6-14(3,4)15(5)20(18,19)12-9-11(13(16)17)8-7-10(12)2/h7-9H,6H2,1-5H3,(H,16,17). The van der Waals surface area contributed by atoms with Crippen molar-refractivity contribution in [2.75, 3.05) is 7.05 Å². The van der Waals surface area contributed by atoms with Crippen molar-refractivity contribution < 1.29 is 18.3 Å². The van der Waals surface area contributed by atoms with Crippen molar-refractivity contribution in [2.24, 2.45) is 0 Å². The van der Waals surface area contributed by atoms with Crippen LogP contribution in [0.1, 0.15) is 43.1 Å². The number of aryl methyl sites for hydroxylation is 1. The van der Waals surface area contributed by atoms with E-state index in [2.05, 4.69) is 0 Å². The van der Waals surface area contributed by atoms with Crippen molar-refractivity contribution in [1.29, 1.82) is 0 Å². The lowest BCUT2D eigenvalue weighted by atomic mass is 10.0. The minimum Gasteiger partial charge on any atom is -0.478 e. The van der Waals surface area contributed by atoms with Gasteiger partial charge in [-0.3, -0.25) is 0 Å². The van der Waals surface area contributed by atoms with Gasteiger partial charge in [0, 0.05) is 12.6 Å². The molecule has 0 fully saturated rings. The van der Waals surface area contributed by atoms with Gasteiger partial charge in [-0.25, -0.2) is 13.2 Å². The first-order chi connectivity index (χ1) is 9.04. The minimum atomic E-state index is -3.73. The summed E-state index contributed by atoms with van der Waals surface area (Å²) in [5.41, 5.74) is -0.0320. The topological polar surface area (TPSA) is 74.7 Å². The van der Waals surface area contributed by atoms with Crippen molar-refractivity contribution in [1.82, 2.24) is 4.31 Å². The molecule has 0 amide bonds. The number of carbonyl (C=O) groups is 1. The molecule has 0 saturated carbocycles. The van der Waals surface area contributed by atoms with Crippen LogP contribution >= 0.6 is 0 Å². The summed E-state index contributed by atoms with van der Waals surface area (Å²) in [4.78, 5) is 11.0. The van der Waals surface area contributed by atoms with E-state index >= 15 is 0 Å². The number of rotatable bonds is 5. The van der Waals surface area contributed by atoms with Crippen molar-refractivity contribution in [3.63, 3.8) is 0 Å². The van der Waals surface area contributed by atoms with Gasteiger partial charge in [0.25, 0.3) is 0 Å². The van der Waals surface area contributed by atoms with Crippen LogP contribution in [0.3, 0.4) is 0 Å². The monoisotopic (exact) mass is 299 g/mol. The Balaban J connectivity index is 3.43. The zero-order chi connectivity index (χ0) is 15.7. The molecule has 0 spiro atoms. The molecular formula is C14H21NO4S. The van der Waals surface area contributed by atoms with Crippen LogP contribution in [-0.2, 0) is 10.0 Å². The molecule has 1 N–H and O–H groups in total. The molecule has 1 aromatic rings. The Morgan fingerprint density at radius 2 is 1.90 bits per heavy atom. The maximum atomic E-state index is 12.7. The van der Waals surface area contributed by atoms with E-state index in [0.29, 0.717) is 12.0 Å². The summed E-state index contributed by atoms with van der Waals surface area (Å²) in [7, 11) is -2.21. The molecule has 0 unspecified atom stereocenters. The molecule has 1 aromatic carbocycles. The lowest BCUT2D eigenvalue weighted by molar-refractivity contribution is 0.0696. The fraction of sp³-hybridized carbons (Fsp3) is 0.500. The average molecular weight is 299 g/mol. The van der Waals surface area contributed by atoms with E-state index < -0.39 is 21.5 Å². The quantitative estimate of drug-likeness (QED) is 0.906. The first-order valence-corrected chi connectivity index (χ1v) is 7.81. The highest BCUT2D eigenvalue weighted by Crippen LogP contribution is 2.27. The first kappa shape index (κ1) is 16.7. The van der Waals surface area contributed by atoms with Crippen molar-refractivity contribution in [3.05, 3.63) is 29.3 Å². The maximum Gasteiger partial charge on any atom is 0.335 e. The number of carboxylic acids is 1. The number of hydrogen-bond donors (Lipinski definition) is 1. The molecule has 112 valence electrons. The summed E-state index contributed by atoms with van der Waals surface area (Å²) in [6, 6.07) is 4.14. The van der Waals surface area contributed by atoms with Crippen LogP contribution in [0.5, 0.6) is 0 Å². The van der Waals surface area contributed by atoms with E-state index in [4.69, 9.17) is 5.11 Å². The highest BCUT2D eigenvalue weighted by molar-refractivity contribution is 7.89. The molecular weight excluding hydrogens is 278 g/mol. The summed E-state index contributed by atoms with van der Waals surface area (Å²) in [6.07, 6.45) is 0.653. The summed E-state index contributed by atoms with van der Waals surface area (Å²) in [5.74, 6) is -1.14. The van der Waals surface area contributed by atoms with Crippen molar-refractivity contribution >= 4 is 16.0 Å². The molecule has 0 bridgehead atoms. The molecule has 0 aliphatic carbocycles. The van der Waals surface area contributed by atoms with Crippen LogP contribution in [0.4, 0.5) is 0 Å². The highest BCUT2D eigenvalue weighted by Gasteiger charge is 2.33. The third-order valence-corrected chi connectivity index (χ3v) is 6.00. The van der Waals surface area contributed by atoms with Gasteiger partial charge < -0.3 is 5.11 Å². The predicted molar refractivity (Wildman–Crippen MR) is 77.5 cm³/mol. The molecule has 0 radical (unpaired) electrons. The van der Waals surface area contributed by atoms with Crippen LogP contribution in [0.2, 0.25) is 0 Å². The SMILES string of the molecule is CCC(C)(C)N(C)S(=O)(=O)c1cc(C(=O)O)ccc1C. The summed E-state index contributed by atoms with van der Waals surface area (Å²) < 4.78 is 26.6. The average Bonchev–Trinajstić information content (AvgIpc) is 2.37. The number of carboxylic acid groups (broad SMARTS) is 1. The number of nitrogens with zero attached hydrogens (tertiary/aromatic N) is 1. The summed E-state index contributed by atoms with van der Waals surface area (Å²) >= 11 is 0. The Hall–Kier alpha value is -1.40. The van der Waals surface area contributed by atoms with Gasteiger partial charge in [-0.05, 0) is 44.9 Å². The van der Waals surface area contributed by atoms with Crippen LogP contribution in [0, 0.1) is 6.92 Å². The molecule has 0 aliphatic rings. The van der Waals surface area contributed by atoms with Gasteiger partial charge in [0.15, 0.2) is 0 Å². The van der Waals surface area contributed by atoms with E-state index in [1.54, 1.807) is 6.92 Å². The fourth-order valence-electron chi connectivity index (χ4n) is 1.71. The number of sulfonamides is 1. The molecule has 0 saturated heterocycles. The third kappa shape index (κ3) is 3.02. The Bertz CT molecular complexity index is 620. The molecule has 0 aromatic heterocycles. The number of hydrogen-bond acceptors (Lipinski definition) is 3. The first-order valence-electron chi connectivity index (χ1n) is 6.37. The van der Waals surface area contributed by atoms with E-state index in [0.717, 1.165) is 0 Å². The van der Waals surface area contributed by atoms with Gasteiger partial charge in [0.05, 0.1) is 10.5 Å². The van der Waals surface area contributed by atoms with Crippen LogP contribution < -0.4 is 0 Å². The summed E-state index contributed by atoms with van der Waals surface area (Å²) in [6.45, 7) is 7.24. The normalized spacial score (nSPS) is 12.7. The van der Waals surface area contributed by atoms with Crippen LogP contribution in [-0.4, -0.2) is 36.4 Å². The van der Waals surface area contributed by atoms with Crippen molar-refractivity contribution in [3.8, 4) is 0 Å². The predicted octanol–water partition coefficient (Wildman–Crippen LogP) is 2.50. The van der Waals surface area contributed by atoms with E-state index in [1.807, 2.05) is 20.8 Å². The van der Waals surface area contributed by atoms with Gasteiger partial charge in [0.2, 0.25) is 10.0 Å². The molecule has 20 heavy (non-hydrogen) atoms. The molecule has 0 atom stereocenters. The molecule has 0 aliphatic heterocycles. The molecule has 6 heteroatoms. The smallest absolute Gasteiger partial charge is 0.335 e. The second-order valence-electron chi connectivity index (χ2n) is 5.42. The summed E-state index contributed by atoms with van der Waals surface area (Å²) in [5, 5.41) is 9.00. The van der Waals surface area contributed by atoms with Crippen LogP contribution in [0.25, 0.3) is 0 Å². The van der Waals surface area contributed by atoms with Gasteiger partial charge >= 0.3 is 5.97 Å². The van der Waals surface area contributed by atoms with E-state index in [1.165, 1.54) is 29.6 Å². The second-order valence-corrected chi connectivity index (χ2v) is 7.36. The second kappa shape index (κ2) is 5.54. The number of benzene rings is 1. The Morgan fingerprint density at radius 1 is 1.35 bits per heavy atom. The zero-order valence-electron chi connectivity index (χ0n) is 12.5. The van der Waals surface area contributed by atoms with Crippen LogP contribution in [0.15, 0.2) is 23.1 Å². The van der Waals surface area contributed by atoms with Gasteiger partial charge in [0.1, 0.15) is 0 Å². The van der Waals surface area contributed by atoms with Crippen molar-refractivity contribution in [2.45, 2.75) is 44.6 Å².